The molecule has 0 bridgehead atoms. The first-order valence-corrected chi connectivity index (χ1v) is 8.12. The zero-order valence-electron chi connectivity index (χ0n) is 13.9. The SMILES string of the molecule is CC(=O)Nc1cc(NC(=O)C2=Cc3cc(Cl)ccc3OC2)ccc1C. The van der Waals surface area contributed by atoms with Crippen molar-refractivity contribution in [2.24, 2.45) is 0 Å². The number of carbonyl (C=O) groups is 2. The van der Waals surface area contributed by atoms with Crippen LogP contribution in [0.25, 0.3) is 6.08 Å². The second kappa shape index (κ2) is 6.99. The molecule has 0 saturated carbocycles. The van der Waals surface area contributed by atoms with Gasteiger partial charge in [0.05, 0.1) is 5.57 Å². The van der Waals surface area contributed by atoms with Crippen LogP contribution in [0, 0.1) is 6.92 Å². The summed E-state index contributed by atoms with van der Waals surface area (Å²) in [6.07, 6.45) is 1.77. The Labute approximate surface area is 150 Å². The van der Waals surface area contributed by atoms with Crippen LogP contribution in [0.5, 0.6) is 5.75 Å². The summed E-state index contributed by atoms with van der Waals surface area (Å²) in [5.74, 6) is 0.274. The highest BCUT2D eigenvalue weighted by molar-refractivity contribution is 6.30. The molecule has 0 fully saturated rings. The lowest BCUT2D eigenvalue weighted by atomic mass is 10.1. The summed E-state index contributed by atoms with van der Waals surface area (Å²) >= 11 is 5.99. The number of hydrogen-bond acceptors (Lipinski definition) is 3. The summed E-state index contributed by atoms with van der Waals surface area (Å²) < 4.78 is 5.60. The third kappa shape index (κ3) is 4.00. The van der Waals surface area contributed by atoms with E-state index in [1.807, 2.05) is 13.0 Å². The molecule has 0 aliphatic carbocycles. The molecule has 5 nitrogen and oxygen atoms in total. The molecule has 0 radical (unpaired) electrons. The second-order valence-corrected chi connectivity index (χ2v) is 6.24. The van der Waals surface area contributed by atoms with Gasteiger partial charge in [-0.3, -0.25) is 9.59 Å². The molecule has 25 heavy (non-hydrogen) atoms. The summed E-state index contributed by atoms with van der Waals surface area (Å²) in [6.45, 7) is 3.51. The molecule has 0 atom stereocenters. The van der Waals surface area contributed by atoms with E-state index in [4.69, 9.17) is 16.3 Å². The lowest BCUT2D eigenvalue weighted by Crippen LogP contribution is -2.21. The number of amides is 2. The minimum absolute atomic E-state index is 0.163. The number of nitrogens with one attached hydrogen (secondary N) is 2. The van der Waals surface area contributed by atoms with Crippen LogP contribution in [0.1, 0.15) is 18.1 Å². The van der Waals surface area contributed by atoms with Crippen molar-refractivity contribution in [3.8, 4) is 5.75 Å². The fraction of sp³-hybridized carbons (Fsp3) is 0.158. The van der Waals surface area contributed by atoms with Crippen LogP contribution < -0.4 is 15.4 Å². The molecule has 2 N–H and O–H groups in total. The molecule has 1 aliphatic rings. The van der Waals surface area contributed by atoms with Crippen LogP contribution in [0.2, 0.25) is 5.02 Å². The van der Waals surface area contributed by atoms with Gasteiger partial charge in [-0.2, -0.15) is 0 Å². The van der Waals surface area contributed by atoms with Gasteiger partial charge in [0.1, 0.15) is 12.4 Å². The standard InChI is InChI=1S/C19H17ClN2O3/c1-11-3-5-16(9-17(11)21-12(2)23)22-19(24)14-7-13-8-15(20)4-6-18(13)25-10-14/h3-9H,10H2,1-2H3,(H,21,23)(H,22,24). The molecule has 0 spiro atoms. The Hall–Kier alpha value is -2.79. The first kappa shape index (κ1) is 17.0. The molecule has 2 aromatic carbocycles. The average Bonchev–Trinajstić information content (AvgIpc) is 2.56. The Morgan fingerprint density at radius 2 is 1.92 bits per heavy atom. The van der Waals surface area contributed by atoms with Crippen molar-refractivity contribution in [2.45, 2.75) is 13.8 Å². The zero-order valence-corrected chi connectivity index (χ0v) is 14.6. The molecule has 0 unspecified atom stereocenters. The van der Waals surface area contributed by atoms with Crippen LogP contribution in [-0.2, 0) is 9.59 Å². The van der Waals surface area contributed by atoms with E-state index >= 15 is 0 Å². The topological polar surface area (TPSA) is 67.4 Å². The van der Waals surface area contributed by atoms with Gasteiger partial charge in [-0.05, 0) is 48.9 Å². The van der Waals surface area contributed by atoms with E-state index in [2.05, 4.69) is 10.6 Å². The third-order valence-corrected chi connectivity index (χ3v) is 4.02. The summed E-state index contributed by atoms with van der Waals surface area (Å²) in [5, 5.41) is 6.15. The quantitative estimate of drug-likeness (QED) is 0.872. The summed E-state index contributed by atoms with van der Waals surface area (Å²) in [5.41, 5.74) is 3.44. The first-order chi connectivity index (χ1) is 11.9. The maximum absolute atomic E-state index is 12.5. The van der Waals surface area contributed by atoms with Crippen LogP contribution in [0.3, 0.4) is 0 Å². The minimum atomic E-state index is -0.261. The number of aryl methyl sites for hydroxylation is 1. The highest BCUT2D eigenvalue weighted by Gasteiger charge is 2.18. The maximum Gasteiger partial charge on any atom is 0.255 e. The van der Waals surface area contributed by atoms with Crippen LogP contribution in [-0.4, -0.2) is 18.4 Å². The Morgan fingerprint density at radius 1 is 1.12 bits per heavy atom. The highest BCUT2D eigenvalue weighted by atomic mass is 35.5. The molecule has 2 amide bonds. The molecular weight excluding hydrogens is 340 g/mol. The Morgan fingerprint density at radius 3 is 2.68 bits per heavy atom. The predicted octanol–water partition coefficient (Wildman–Crippen LogP) is 4.02. The van der Waals surface area contributed by atoms with Crippen LogP contribution >= 0.6 is 11.6 Å². The van der Waals surface area contributed by atoms with Gasteiger partial charge in [0.2, 0.25) is 5.91 Å². The van der Waals surface area contributed by atoms with Crippen molar-refractivity contribution in [1.29, 1.82) is 0 Å². The molecule has 0 aromatic heterocycles. The zero-order chi connectivity index (χ0) is 18.0. The molecule has 1 heterocycles. The Kier molecular flexibility index (Phi) is 4.76. The van der Waals surface area contributed by atoms with E-state index in [1.165, 1.54) is 6.92 Å². The number of halogens is 1. The van der Waals surface area contributed by atoms with Crippen LogP contribution in [0.4, 0.5) is 11.4 Å². The number of rotatable bonds is 3. The van der Waals surface area contributed by atoms with Gasteiger partial charge in [-0.1, -0.05) is 17.7 Å². The molecule has 1 aliphatic heterocycles. The fourth-order valence-corrected chi connectivity index (χ4v) is 2.70. The van der Waals surface area contributed by atoms with Gasteiger partial charge in [0.25, 0.3) is 5.91 Å². The van der Waals surface area contributed by atoms with Gasteiger partial charge in [0, 0.05) is 28.9 Å². The first-order valence-electron chi connectivity index (χ1n) is 7.75. The fourth-order valence-electron chi connectivity index (χ4n) is 2.51. The predicted molar refractivity (Wildman–Crippen MR) is 99.0 cm³/mol. The lowest BCUT2D eigenvalue weighted by Gasteiger charge is -2.18. The van der Waals surface area contributed by atoms with E-state index in [0.717, 1.165) is 11.1 Å². The number of benzene rings is 2. The molecule has 0 saturated heterocycles. The lowest BCUT2D eigenvalue weighted by molar-refractivity contribution is -0.114. The molecular formula is C19H17ClN2O3. The summed E-state index contributed by atoms with van der Waals surface area (Å²) in [7, 11) is 0. The third-order valence-electron chi connectivity index (χ3n) is 3.78. The molecule has 6 heteroatoms. The van der Waals surface area contributed by atoms with Gasteiger partial charge in [-0.15, -0.1) is 0 Å². The van der Waals surface area contributed by atoms with Gasteiger partial charge in [-0.25, -0.2) is 0 Å². The monoisotopic (exact) mass is 356 g/mol. The van der Waals surface area contributed by atoms with E-state index in [9.17, 15) is 9.59 Å². The highest BCUT2D eigenvalue weighted by Crippen LogP contribution is 2.29. The van der Waals surface area contributed by atoms with E-state index in [0.29, 0.717) is 27.7 Å². The van der Waals surface area contributed by atoms with Crippen molar-refractivity contribution < 1.29 is 14.3 Å². The van der Waals surface area contributed by atoms with E-state index < -0.39 is 0 Å². The van der Waals surface area contributed by atoms with Gasteiger partial charge < -0.3 is 15.4 Å². The number of fused-ring (bicyclic) bond motifs is 1. The maximum atomic E-state index is 12.5. The molecule has 2 aromatic rings. The van der Waals surface area contributed by atoms with Crippen molar-refractivity contribution >= 4 is 40.9 Å². The van der Waals surface area contributed by atoms with E-state index in [1.54, 1.807) is 36.4 Å². The average molecular weight is 357 g/mol. The number of carbonyl (C=O) groups excluding carboxylic acids is 2. The Balaban J connectivity index is 1.80. The minimum Gasteiger partial charge on any atom is -0.488 e. The van der Waals surface area contributed by atoms with Crippen molar-refractivity contribution in [2.75, 3.05) is 17.2 Å². The van der Waals surface area contributed by atoms with Crippen molar-refractivity contribution in [3.63, 3.8) is 0 Å². The molecule has 128 valence electrons. The van der Waals surface area contributed by atoms with Crippen molar-refractivity contribution in [3.05, 3.63) is 58.1 Å². The van der Waals surface area contributed by atoms with Crippen LogP contribution in [0.15, 0.2) is 42.0 Å². The van der Waals surface area contributed by atoms with Crippen molar-refractivity contribution in [1.82, 2.24) is 0 Å². The summed E-state index contributed by atoms with van der Waals surface area (Å²) in [6, 6.07) is 10.6. The Bertz CT molecular complexity index is 890. The molecule has 3 rings (SSSR count). The number of ether oxygens (including phenoxy) is 1. The number of hydrogen-bond donors (Lipinski definition) is 2. The normalized spacial score (nSPS) is 12.5. The second-order valence-electron chi connectivity index (χ2n) is 5.81. The smallest absolute Gasteiger partial charge is 0.255 e. The summed E-state index contributed by atoms with van der Waals surface area (Å²) in [4.78, 5) is 23.8. The number of anilines is 2. The van der Waals surface area contributed by atoms with Gasteiger partial charge in [0.15, 0.2) is 0 Å². The largest absolute Gasteiger partial charge is 0.488 e. The van der Waals surface area contributed by atoms with E-state index in [-0.39, 0.29) is 18.4 Å². The van der Waals surface area contributed by atoms with Gasteiger partial charge >= 0.3 is 0 Å².